The van der Waals surface area contributed by atoms with Crippen LogP contribution in [0.25, 0.3) is 0 Å². The molecule has 132 valence electrons. The van der Waals surface area contributed by atoms with E-state index in [0.717, 1.165) is 5.56 Å². The molecule has 0 fully saturated rings. The van der Waals surface area contributed by atoms with Crippen molar-refractivity contribution in [2.75, 3.05) is 11.9 Å². The van der Waals surface area contributed by atoms with E-state index in [2.05, 4.69) is 10.6 Å². The first-order valence-electron chi connectivity index (χ1n) is 7.43. The largest absolute Gasteiger partial charge is 0.388 e. The van der Waals surface area contributed by atoms with E-state index >= 15 is 0 Å². The van der Waals surface area contributed by atoms with Crippen molar-refractivity contribution in [3.05, 3.63) is 56.3 Å². The summed E-state index contributed by atoms with van der Waals surface area (Å²) in [6, 6.07) is 5.79. The van der Waals surface area contributed by atoms with E-state index < -0.39 is 22.8 Å². The summed E-state index contributed by atoms with van der Waals surface area (Å²) in [5.41, 5.74) is 1.38. The van der Waals surface area contributed by atoms with E-state index in [1.165, 1.54) is 29.5 Å². The molecule has 2 rings (SSSR count). The highest BCUT2D eigenvalue weighted by molar-refractivity contribution is 7.07. The Bertz CT molecular complexity index is 776. The maximum Gasteiger partial charge on any atom is 0.313 e. The predicted molar refractivity (Wildman–Crippen MR) is 93.4 cm³/mol. The van der Waals surface area contributed by atoms with Gasteiger partial charge in [-0.15, -0.1) is 0 Å². The molecule has 2 amide bonds. The molecule has 0 bridgehead atoms. The highest BCUT2D eigenvalue weighted by atomic mass is 32.1. The van der Waals surface area contributed by atoms with Crippen molar-refractivity contribution < 1.29 is 19.6 Å². The van der Waals surface area contributed by atoms with Crippen molar-refractivity contribution in [1.29, 1.82) is 0 Å². The highest BCUT2D eigenvalue weighted by Gasteiger charge is 2.17. The first kappa shape index (κ1) is 18.6. The molecule has 2 aromatic rings. The molecular formula is C16H17N3O5S. The first-order valence-corrected chi connectivity index (χ1v) is 8.37. The lowest BCUT2D eigenvalue weighted by molar-refractivity contribution is -0.384. The van der Waals surface area contributed by atoms with Crippen LogP contribution in [-0.2, 0) is 9.59 Å². The minimum Gasteiger partial charge on any atom is -0.388 e. The van der Waals surface area contributed by atoms with Crippen LogP contribution in [0.4, 0.5) is 11.4 Å². The van der Waals surface area contributed by atoms with Crippen LogP contribution < -0.4 is 10.6 Å². The number of amides is 2. The molecule has 0 aliphatic heterocycles. The maximum atomic E-state index is 11.9. The number of aliphatic hydroxyl groups excluding tert-OH is 1. The molecule has 0 aliphatic carbocycles. The van der Waals surface area contributed by atoms with Crippen LogP contribution in [0.5, 0.6) is 0 Å². The number of hydrogen-bond acceptors (Lipinski definition) is 6. The van der Waals surface area contributed by atoms with Gasteiger partial charge in [-0.2, -0.15) is 11.3 Å². The van der Waals surface area contributed by atoms with Crippen LogP contribution >= 0.6 is 11.3 Å². The van der Waals surface area contributed by atoms with Crippen molar-refractivity contribution in [2.24, 2.45) is 0 Å². The van der Waals surface area contributed by atoms with E-state index in [1.54, 1.807) is 13.0 Å². The third kappa shape index (κ3) is 5.10. The number of carbonyl (C=O) groups is 2. The molecule has 0 saturated carbocycles. The number of aryl methyl sites for hydroxylation is 1. The lowest BCUT2D eigenvalue weighted by atomic mass is 10.1. The van der Waals surface area contributed by atoms with E-state index in [9.17, 15) is 24.8 Å². The van der Waals surface area contributed by atoms with Crippen LogP contribution in [0, 0.1) is 17.0 Å². The zero-order valence-electron chi connectivity index (χ0n) is 13.4. The van der Waals surface area contributed by atoms with Gasteiger partial charge in [0, 0.05) is 18.7 Å². The monoisotopic (exact) mass is 363 g/mol. The summed E-state index contributed by atoms with van der Waals surface area (Å²) in [4.78, 5) is 33.9. The normalized spacial score (nSPS) is 11.6. The van der Waals surface area contributed by atoms with Gasteiger partial charge in [-0.3, -0.25) is 19.7 Å². The molecule has 0 aliphatic rings. The van der Waals surface area contributed by atoms with Gasteiger partial charge in [-0.05, 0) is 41.3 Å². The number of aliphatic hydroxyl groups is 1. The highest BCUT2D eigenvalue weighted by Crippen LogP contribution is 2.22. The molecule has 3 N–H and O–H groups in total. The Balaban J connectivity index is 1.87. The number of nitrogens with zero attached hydrogens (tertiary/aromatic N) is 1. The van der Waals surface area contributed by atoms with Crippen molar-refractivity contribution in [1.82, 2.24) is 5.32 Å². The molecule has 1 atom stereocenters. The minimum absolute atomic E-state index is 0.122. The molecule has 9 heteroatoms. The number of carbonyl (C=O) groups excluding carboxylic acids is 2. The number of nitrogens with one attached hydrogen (secondary N) is 2. The van der Waals surface area contributed by atoms with Crippen molar-refractivity contribution in [2.45, 2.75) is 19.4 Å². The van der Waals surface area contributed by atoms with Crippen LogP contribution in [0.15, 0.2) is 35.0 Å². The summed E-state index contributed by atoms with van der Waals surface area (Å²) in [6.07, 6.45) is -0.445. The van der Waals surface area contributed by atoms with Gasteiger partial charge in [-0.25, -0.2) is 0 Å². The first-order chi connectivity index (χ1) is 11.9. The Kier molecular flexibility index (Phi) is 6.20. The fourth-order valence-corrected chi connectivity index (χ4v) is 2.78. The average molecular weight is 363 g/mol. The van der Waals surface area contributed by atoms with Crippen LogP contribution in [-0.4, -0.2) is 28.4 Å². The summed E-state index contributed by atoms with van der Waals surface area (Å²) in [5, 5.41) is 29.1. The summed E-state index contributed by atoms with van der Waals surface area (Å²) < 4.78 is 0. The third-order valence-electron chi connectivity index (χ3n) is 3.52. The smallest absolute Gasteiger partial charge is 0.313 e. The second kappa shape index (κ2) is 8.36. The Morgan fingerprint density at radius 1 is 1.32 bits per heavy atom. The SMILES string of the molecule is Cc1ccc([N+](=O)[O-])cc1NC(=O)C(=O)NCCC(O)c1ccsc1. The second-order valence-corrected chi connectivity index (χ2v) is 6.11. The molecule has 1 unspecified atom stereocenters. The molecule has 25 heavy (non-hydrogen) atoms. The molecular weight excluding hydrogens is 346 g/mol. The van der Waals surface area contributed by atoms with Crippen molar-refractivity contribution >= 4 is 34.5 Å². The molecule has 1 aromatic carbocycles. The van der Waals surface area contributed by atoms with Crippen LogP contribution in [0.1, 0.15) is 23.7 Å². The Labute approximate surface area is 147 Å². The zero-order valence-corrected chi connectivity index (χ0v) is 14.2. The standard InChI is InChI=1S/C16H17N3O5S/c1-10-2-3-12(19(23)24)8-13(10)18-16(22)15(21)17-6-4-14(20)11-5-7-25-9-11/h2-3,5,7-9,14,20H,4,6H2,1H3,(H,17,21)(H,18,22). The number of anilines is 1. The molecule has 1 heterocycles. The van der Waals surface area contributed by atoms with Crippen molar-refractivity contribution in [3.8, 4) is 0 Å². The summed E-state index contributed by atoms with van der Waals surface area (Å²) in [7, 11) is 0. The number of nitro groups is 1. The second-order valence-electron chi connectivity index (χ2n) is 5.33. The molecule has 1 aromatic heterocycles. The van der Waals surface area contributed by atoms with Crippen molar-refractivity contribution in [3.63, 3.8) is 0 Å². The average Bonchev–Trinajstić information content (AvgIpc) is 3.10. The predicted octanol–water partition coefficient (Wildman–Crippen LogP) is 2.14. The van der Waals surface area contributed by atoms with Gasteiger partial charge in [0.15, 0.2) is 0 Å². The molecule has 8 nitrogen and oxygen atoms in total. The van der Waals surface area contributed by atoms with Gasteiger partial charge >= 0.3 is 11.8 Å². The van der Waals surface area contributed by atoms with Gasteiger partial charge in [0.25, 0.3) is 5.69 Å². The fourth-order valence-electron chi connectivity index (χ4n) is 2.07. The lowest BCUT2D eigenvalue weighted by Gasteiger charge is -2.11. The van der Waals surface area contributed by atoms with Crippen LogP contribution in [0.2, 0.25) is 0 Å². The number of nitro benzene ring substituents is 1. The van der Waals surface area contributed by atoms with Gasteiger partial charge in [0.2, 0.25) is 0 Å². The van der Waals surface area contributed by atoms with Gasteiger partial charge in [0.05, 0.1) is 16.7 Å². The van der Waals surface area contributed by atoms with Gasteiger partial charge in [0.1, 0.15) is 0 Å². The Morgan fingerprint density at radius 2 is 2.08 bits per heavy atom. The number of rotatable bonds is 6. The third-order valence-corrected chi connectivity index (χ3v) is 4.22. The van der Waals surface area contributed by atoms with E-state index in [4.69, 9.17) is 0 Å². The number of thiophene rings is 1. The van der Waals surface area contributed by atoms with E-state index in [-0.39, 0.29) is 24.3 Å². The molecule has 0 radical (unpaired) electrons. The minimum atomic E-state index is -0.923. The maximum absolute atomic E-state index is 11.9. The number of non-ortho nitro benzene ring substituents is 1. The van der Waals surface area contributed by atoms with Gasteiger partial charge in [-0.1, -0.05) is 6.07 Å². The quantitative estimate of drug-likeness (QED) is 0.412. The summed E-state index contributed by atoms with van der Waals surface area (Å²) >= 11 is 1.46. The zero-order chi connectivity index (χ0) is 18.4. The summed E-state index contributed by atoms with van der Waals surface area (Å²) in [6.45, 7) is 1.78. The van der Waals surface area contributed by atoms with E-state index in [1.807, 2.05) is 10.8 Å². The number of benzene rings is 1. The topological polar surface area (TPSA) is 122 Å². The molecule has 0 spiro atoms. The fraction of sp³-hybridized carbons (Fsp3) is 0.250. The Hall–Kier alpha value is -2.78. The lowest BCUT2D eigenvalue weighted by Crippen LogP contribution is -2.36. The Morgan fingerprint density at radius 3 is 2.72 bits per heavy atom. The van der Waals surface area contributed by atoms with Gasteiger partial charge < -0.3 is 15.7 Å². The summed E-state index contributed by atoms with van der Waals surface area (Å²) in [5.74, 6) is -1.79. The molecule has 0 saturated heterocycles. The van der Waals surface area contributed by atoms with Crippen LogP contribution in [0.3, 0.4) is 0 Å². The van der Waals surface area contributed by atoms with E-state index in [0.29, 0.717) is 5.56 Å². The number of hydrogen-bond donors (Lipinski definition) is 3.